The fourth-order valence-electron chi connectivity index (χ4n) is 8.30. The van der Waals surface area contributed by atoms with Crippen molar-refractivity contribution in [1.82, 2.24) is 30.5 Å². The summed E-state index contributed by atoms with van der Waals surface area (Å²) < 4.78 is 26.7. The molecule has 13 nitrogen and oxygen atoms in total. The summed E-state index contributed by atoms with van der Waals surface area (Å²) in [6.07, 6.45) is 11.4. The number of hydrogen-bond acceptors (Lipinski definition) is 7. The number of sulfonamides is 1. The molecule has 2 heterocycles. The third-order valence-electron chi connectivity index (χ3n) is 11.8. The van der Waals surface area contributed by atoms with E-state index >= 15 is 0 Å². The molecule has 0 aromatic carbocycles. The zero-order chi connectivity index (χ0) is 39.1. The SMILES string of the molecule is C=CCNC(=O)C(=O)C(CC1CC1)NC(=O)[C@@H]1[C@@H](C(C)(C)CC=C)CCN1C(=O)[C@@H](NC(=O)N[C@H](CN1CCCS1(=O)=O)C(C)(C)C)C1CCCCC1. The first kappa shape index (κ1) is 42.5. The molecule has 5 atom stereocenters. The molecule has 4 fully saturated rings. The van der Waals surface area contributed by atoms with Crippen LogP contribution < -0.4 is 21.3 Å². The fraction of sp³-hybridized carbons (Fsp3) is 0.769. The van der Waals surface area contributed by atoms with Gasteiger partial charge in [0, 0.05) is 32.2 Å². The topological polar surface area (TPSA) is 174 Å². The molecule has 4 N–H and O–H groups in total. The average molecular weight is 761 g/mol. The Morgan fingerprint density at radius 3 is 2.09 bits per heavy atom. The number of carbonyl (C=O) groups excluding carboxylic acids is 5. The van der Waals surface area contributed by atoms with Gasteiger partial charge in [0.15, 0.2) is 0 Å². The largest absolute Gasteiger partial charge is 0.346 e. The average Bonchev–Trinajstić information content (AvgIpc) is 3.68. The molecule has 5 amide bonds. The van der Waals surface area contributed by atoms with Crippen LogP contribution >= 0.6 is 0 Å². The molecule has 53 heavy (non-hydrogen) atoms. The van der Waals surface area contributed by atoms with Gasteiger partial charge in [-0.25, -0.2) is 13.2 Å². The first-order chi connectivity index (χ1) is 24.9. The number of amides is 5. The van der Waals surface area contributed by atoms with Gasteiger partial charge in [-0.2, -0.15) is 4.31 Å². The lowest BCUT2D eigenvalue weighted by molar-refractivity contribution is -0.145. The Bertz CT molecular complexity index is 1480. The lowest BCUT2D eigenvalue weighted by atomic mass is 9.72. The second kappa shape index (κ2) is 17.9. The predicted molar refractivity (Wildman–Crippen MR) is 205 cm³/mol. The molecule has 0 aromatic rings. The van der Waals surface area contributed by atoms with Crippen molar-refractivity contribution in [1.29, 1.82) is 0 Å². The van der Waals surface area contributed by atoms with Crippen molar-refractivity contribution >= 4 is 39.6 Å². The van der Waals surface area contributed by atoms with Crippen LogP contribution in [0.3, 0.4) is 0 Å². The van der Waals surface area contributed by atoms with E-state index in [2.05, 4.69) is 34.4 Å². The molecule has 4 aliphatic rings. The molecule has 2 saturated carbocycles. The number of allylic oxidation sites excluding steroid dienone is 1. The number of nitrogens with one attached hydrogen (secondary N) is 4. The van der Waals surface area contributed by atoms with E-state index in [4.69, 9.17) is 0 Å². The van der Waals surface area contributed by atoms with Gasteiger partial charge in [-0.15, -0.1) is 13.2 Å². The van der Waals surface area contributed by atoms with Crippen molar-refractivity contribution in [2.45, 2.75) is 129 Å². The summed E-state index contributed by atoms with van der Waals surface area (Å²) in [5.41, 5.74) is -0.921. The number of urea groups is 1. The number of carbonyl (C=O) groups is 5. The van der Waals surface area contributed by atoms with Gasteiger partial charge in [-0.05, 0) is 67.1 Å². The maximum Gasteiger partial charge on any atom is 0.315 e. The van der Waals surface area contributed by atoms with Crippen molar-refractivity contribution in [2.75, 3.05) is 31.9 Å². The van der Waals surface area contributed by atoms with Crippen molar-refractivity contribution in [2.24, 2.45) is 28.6 Å². The summed E-state index contributed by atoms with van der Waals surface area (Å²) in [5.74, 6) is -2.49. The quantitative estimate of drug-likeness (QED) is 0.129. The normalized spacial score (nSPS) is 24.1. The number of likely N-dealkylation sites (tertiary alicyclic amines) is 1. The van der Waals surface area contributed by atoms with E-state index in [1.807, 2.05) is 34.6 Å². The van der Waals surface area contributed by atoms with E-state index in [1.165, 1.54) is 10.4 Å². The Morgan fingerprint density at radius 1 is 0.849 bits per heavy atom. The zero-order valence-electron chi connectivity index (χ0n) is 32.6. The minimum absolute atomic E-state index is 0.0848. The lowest BCUT2D eigenvalue weighted by Crippen LogP contribution is -2.62. The Kier molecular flexibility index (Phi) is 14.4. The first-order valence-electron chi connectivity index (χ1n) is 19.6. The van der Waals surface area contributed by atoms with Crippen LogP contribution in [0.5, 0.6) is 0 Å². The Hall–Kier alpha value is -3.26. The maximum atomic E-state index is 14.9. The van der Waals surface area contributed by atoms with Crippen LogP contribution in [0.15, 0.2) is 25.3 Å². The summed E-state index contributed by atoms with van der Waals surface area (Å²) in [6, 6.07) is -3.99. The van der Waals surface area contributed by atoms with Crippen molar-refractivity contribution < 1.29 is 32.4 Å². The molecule has 2 aliphatic carbocycles. The van der Waals surface area contributed by atoms with E-state index < -0.39 is 68.6 Å². The second-order valence-electron chi connectivity index (χ2n) is 17.4. The molecule has 4 rings (SSSR count). The minimum atomic E-state index is -3.40. The highest BCUT2D eigenvalue weighted by Crippen LogP contribution is 2.43. The zero-order valence-corrected chi connectivity index (χ0v) is 33.4. The highest BCUT2D eigenvalue weighted by atomic mass is 32.2. The van der Waals surface area contributed by atoms with Gasteiger partial charge < -0.3 is 26.2 Å². The van der Waals surface area contributed by atoms with Crippen LogP contribution in [0.2, 0.25) is 0 Å². The highest BCUT2D eigenvalue weighted by Gasteiger charge is 2.51. The Labute approximate surface area is 316 Å². The van der Waals surface area contributed by atoms with Gasteiger partial charge in [0.2, 0.25) is 27.6 Å². The van der Waals surface area contributed by atoms with Crippen molar-refractivity contribution in [3.63, 3.8) is 0 Å². The maximum absolute atomic E-state index is 14.9. The first-order valence-corrected chi connectivity index (χ1v) is 21.2. The highest BCUT2D eigenvalue weighted by molar-refractivity contribution is 7.89. The third kappa shape index (κ3) is 11.1. The number of nitrogens with zero attached hydrogens (tertiary/aromatic N) is 2. The summed E-state index contributed by atoms with van der Waals surface area (Å²) in [5, 5.41) is 11.5. The molecule has 2 aliphatic heterocycles. The van der Waals surface area contributed by atoms with E-state index in [-0.39, 0.29) is 49.0 Å². The van der Waals surface area contributed by atoms with Crippen LogP contribution in [-0.4, -0.2) is 103 Å². The molecule has 0 radical (unpaired) electrons. The minimum Gasteiger partial charge on any atom is -0.346 e. The number of rotatable bonds is 17. The van der Waals surface area contributed by atoms with Gasteiger partial charge in [-0.3, -0.25) is 19.2 Å². The summed E-state index contributed by atoms with van der Waals surface area (Å²) in [6.45, 7) is 18.3. The van der Waals surface area contributed by atoms with Crippen LogP contribution in [-0.2, 0) is 29.2 Å². The van der Waals surface area contributed by atoms with E-state index in [0.29, 0.717) is 32.2 Å². The monoisotopic (exact) mass is 760 g/mol. The third-order valence-corrected chi connectivity index (χ3v) is 13.7. The summed E-state index contributed by atoms with van der Waals surface area (Å²) in [4.78, 5) is 70.9. The van der Waals surface area contributed by atoms with Gasteiger partial charge in [-0.1, -0.05) is 78.9 Å². The molecule has 2 saturated heterocycles. The Balaban J connectivity index is 1.61. The molecule has 0 spiro atoms. The lowest BCUT2D eigenvalue weighted by Gasteiger charge is -2.39. The number of hydrogen-bond donors (Lipinski definition) is 4. The van der Waals surface area contributed by atoms with Crippen LogP contribution in [0.4, 0.5) is 4.79 Å². The van der Waals surface area contributed by atoms with Crippen molar-refractivity contribution in [3.05, 3.63) is 25.3 Å². The van der Waals surface area contributed by atoms with Crippen LogP contribution in [0.25, 0.3) is 0 Å². The summed E-state index contributed by atoms with van der Waals surface area (Å²) in [7, 11) is -3.40. The van der Waals surface area contributed by atoms with Crippen LogP contribution in [0.1, 0.15) is 105 Å². The van der Waals surface area contributed by atoms with Gasteiger partial charge >= 0.3 is 6.03 Å². The van der Waals surface area contributed by atoms with Gasteiger partial charge in [0.05, 0.1) is 11.8 Å². The number of Topliss-reactive ketones (excluding diaryl/α,β-unsaturated/α-hetero) is 1. The molecule has 0 aromatic heterocycles. The van der Waals surface area contributed by atoms with E-state index in [9.17, 15) is 32.4 Å². The van der Waals surface area contributed by atoms with E-state index in [1.54, 1.807) is 11.0 Å². The second-order valence-corrected chi connectivity index (χ2v) is 19.5. The standard InChI is InChI=1S/C39H64N6O7S/c1-8-19-39(6,7)28-18-22-45(32(28)34(47)41-29(24-26-16-17-26)33(46)35(48)40-20-9-2)36(49)31(27-14-11-10-12-15-27)43-37(50)42-30(38(3,4)5)25-44-21-13-23-53(44,51)52/h8-9,26-32H,1-2,10-25H2,3-7H3,(H,40,48)(H,41,47)(H2,42,43,50)/t28-,29?,30+,31-,32-/m0/s1. The summed E-state index contributed by atoms with van der Waals surface area (Å²) >= 11 is 0. The molecular weight excluding hydrogens is 697 g/mol. The van der Waals surface area contributed by atoms with Crippen LogP contribution in [0, 0.1) is 28.6 Å². The molecule has 298 valence electrons. The Morgan fingerprint density at radius 2 is 1.53 bits per heavy atom. The predicted octanol–water partition coefficient (Wildman–Crippen LogP) is 3.66. The molecule has 14 heteroatoms. The van der Waals surface area contributed by atoms with Crippen molar-refractivity contribution in [3.8, 4) is 0 Å². The van der Waals surface area contributed by atoms with Gasteiger partial charge in [0.1, 0.15) is 12.1 Å². The number of ketones is 1. The van der Waals surface area contributed by atoms with E-state index in [0.717, 1.165) is 44.9 Å². The smallest absolute Gasteiger partial charge is 0.315 e. The molecular formula is C39H64N6O7S. The molecule has 1 unspecified atom stereocenters. The molecule has 0 bridgehead atoms. The van der Waals surface area contributed by atoms with Gasteiger partial charge in [0.25, 0.3) is 5.91 Å². The fourth-order valence-corrected chi connectivity index (χ4v) is 9.83.